The molecule has 0 spiro atoms. The van der Waals surface area contributed by atoms with E-state index in [1.807, 2.05) is 18.2 Å². The van der Waals surface area contributed by atoms with Gasteiger partial charge in [-0.25, -0.2) is 5.43 Å². The molecule has 1 aliphatic rings. The Hall–Kier alpha value is -2.92. The lowest BCUT2D eigenvalue weighted by Crippen LogP contribution is -2.30. The van der Waals surface area contributed by atoms with Crippen LogP contribution in [0.3, 0.4) is 0 Å². The molecule has 2 N–H and O–H groups in total. The van der Waals surface area contributed by atoms with E-state index >= 15 is 0 Å². The molecule has 1 unspecified atom stereocenters. The van der Waals surface area contributed by atoms with Gasteiger partial charge in [0.2, 0.25) is 5.91 Å². The van der Waals surface area contributed by atoms with E-state index in [0.717, 1.165) is 44.5 Å². The number of carbonyl (C=O) groups excluding carboxylic acids is 1. The molecule has 2 aromatic rings. The fraction of sp³-hybridized carbons (Fsp3) is 0.385. The van der Waals surface area contributed by atoms with Crippen LogP contribution in [0.4, 0.5) is 0 Å². The van der Waals surface area contributed by atoms with Gasteiger partial charge in [-0.15, -0.1) is 6.58 Å². The molecule has 0 bridgehead atoms. The maximum Gasteiger partial charge on any atom is 0.240 e. The molecule has 3 rings (SSSR count). The molecule has 1 aliphatic heterocycles. The number of hydrazone groups is 1. The predicted molar refractivity (Wildman–Crippen MR) is 126 cm³/mol. The average Bonchev–Trinajstić information content (AvgIpc) is 2.76. The van der Waals surface area contributed by atoms with E-state index in [1.54, 1.807) is 12.1 Å². The molecule has 0 radical (unpaired) electrons. The third-order valence-corrected chi connectivity index (χ3v) is 5.82. The Morgan fingerprint density at radius 2 is 1.97 bits per heavy atom. The summed E-state index contributed by atoms with van der Waals surface area (Å²) in [6.45, 7) is 6.80. The van der Waals surface area contributed by atoms with Crippen LogP contribution in [0.1, 0.15) is 48.8 Å². The maximum atomic E-state index is 12.4. The second-order valence-corrected chi connectivity index (χ2v) is 8.26. The molecule has 164 valence electrons. The number of para-hydroxylation sites is 1. The smallest absolute Gasteiger partial charge is 0.240 e. The van der Waals surface area contributed by atoms with Crippen molar-refractivity contribution in [3.8, 4) is 5.75 Å². The first-order valence-corrected chi connectivity index (χ1v) is 11.2. The van der Waals surface area contributed by atoms with E-state index in [9.17, 15) is 9.90 Å². The molecular formula is C26H33N3O2. The average molecular weight is 420 g/mol. The molecule has 0 aliphatic carbocycles. The normalized spacial score (nSPS) is 17.7. The predicted octanol–water partition coefficient (Wildman–Crippen LogP) is 4.65. The quantitative estimate of drug-likeness (QED) is 0.372. The highest BCUT2D eigenvalue weighted by Gasteiger charge is 2.18. The zero-order valence-electron chi connectivity index (χ0n) is 18.2. The van der Waals surface area contributed by atoms with Crippen LogP contribution in [0.15, 0.2) is 66.3 Å². The van der Waals surface area contributed by atoms with Gasteiger partial charge in [0.05, 0.1) is 6.21 Å². The molecule has 1 heterocycles. The first-order valence-electron chi connectivity index (χ1n) is 11.2. The van der Waals surface area contributed by atoms with Crippen LogP contribution < -0.4 is 5.43 Å². The van der Waals surface area contributed by atoms with Crippen LogP contribution in [0.25, 0.3) is 0 Å². The molecule has 0 saturated carbocycles. The first kappa shape index (κ1) is 22.8. The molecule has 0 aromatic heterocycles. The highest BCUT2D eigenvalue weighted by atomic mass is 16.3. The number of nitrogens with zero attached hydrogens (tertiary/aromatic N) is 2. The third kappa shape index (κ3) is 7.37. The first-order chi connectivity index (χ1) is 15.2. The van der Waals surface area contributed by atoms with Crippen molar-refractivity contribution in [2.75, 3.05) is 13.1 Å². The highest BCUT2D eigenvalue weighted by Crippen LogP contribution is 2.23. The number of carbonyl (C=O) groups is 1. The number of aromatic hydroxyl groups is 1. The van der Waals surface area contributed by atoms with E-state index in [4.69, 9.17) is 0 Å². The minimum absolute atomic E-state index is 0.0711. The van der Waals surface area contributed by atoms with Gasteiger partial charge in [-0.3, -0.25) is 9.69 Å². The molecule has 5 heteroatoms. The summed E-state index contributed by atoms with van der Waals surface area (Å²) in [5, 5.41) is 14.3. The number of amides is 1. The number of hydrogen-bond acceptors (Lipinski definition) is 4. The fourth-order valence-electron chi connectivity index (χ4n) is 4.11. The van der Waals surface area contributed by atoms with E-state index in [0.29, 0.717) is 24.3 Å². The van der Waals surface area contributed by atoms with Crippen molar-refractivity contribution in [3.63, 3.8) is 0 Å². The number of rotatable bonds is 8. The Kier molecular flexibility index (Phi) is 8.85. The lowest BCUT2D eigenvalue weighted by molar-refractivity contribution is -0.122. The number of nitrogens with one attached hydrogen (secondary N) is 1. The number of phenols is 1. The standard InChI is InChI=1S/C26H33N3O2/c1-2-9-23-13-8-14-24(26(23)31)19-27-28-25(30)18-21-10-6-7-16-29(17-15-21)20-22-11-4-3-5-12-22/h2-5,8,11-14,19,21,31H,1,6-7,9-10,15-18,20H2,(H,28,30)/b27-19+. The van der Waals surface area contributed by atoms with Gasteiger partial charge in [-0.1, -0.05) is 55.0 Å². The van der Waals surface area contributed by atoms with Crippen molar-refractivity contribution in [2.45, 2.75) is 45.1 Å². The molecule has 1 amide bonds. The monoisotopic (exact) mass is 419 g/mol. The Labute approximate surface area is 185 Å². The van der Waals surface area contributed by atoms with Crippen LogP contribution in [0, 0.1) is 5.92 Å². The number of hydrogen-bond donors (Lipinski definition) is 2. The number of allylic oxidation sites excluding steroid dienone is 1. The zero-order chi connectivity index (χ0) is 21.9. The van der Waals surface area contributed by atoms with Gasteiger partial charge in [0.15, 0.2) is 0 Å². The summed E-state index contributed by atoms with van der Waals surface area (Å²) in [7, 11) is 0. The SMILES string of the molecule is C=CCc1cccc(/C=N/NC(=O)CC2CCCCN(Cc3ccccc3)CC2)c1O. The Morgan fingerprint density at radius 3 is 2.77 bits per heavy atom. The van der Waals surface area contributed by atoms with Crippen molar-refractivity contribution in [3.05, 3.63) is 77.9 Å². The van der Waals surface area contributed by atoms with Crippen LogP contribution in [0.5, 0.6) is 5.75 Å². The fourth-order valence-corrected chi connectivity index (χ4v) is 4.11. The van der Waals surface area contributed by atoms with E-state index < -0.39 is 0 Å². The Morgan fingerprint density at radius 1 is 1.13 bits per heavy atom. The second kappa shape index (κ2) is 12.1. The molecule has 5 nitrogen and oxygen atoms in total. The van der Waals surface area contributed by atoms with E-state index in [-0.39, 0.29) is 11.7 Å². The summed E-state index contributed by atoms with van der Waals surface area (Å²) in [6.07, 6.45) is 8.74. The van der Waals surface area contributed by atoms with Gasteiger partial charge < -0.3 is 5.11 Å². The van der Waals surface area contributed by atoms with Gasteiger partial charge in [0, 0.05) is 18.5 Å². The Bertz CT molecular complexity index is 879. The van der Waals surface area contributed by atoms with Crippen molar-refractivity contribution >= 4 is 12.1 Å². The molecule has 31 heavy (non-hydrogen) atoms. The van der Waals surface area contributed by atoms with Crippen LogP contribution in [-0.4, -0.2) is 35.2 Å². The van der Waals surface area contributed by atoms with Crippen LogP contribution in [0.2, 0.25) is 0 Å². The number of likely N-dealkylation sites (tertiary alicyclic amines) is 1. The molecule has 2 aromatic carbocycles. The molecule has 1 saturated heterocycles. The molecule has 1 atom stereocenters. The largest absolute Gasteiger partial charge is 0.507 e. The number of phenolic OH excluding ortho intramolecular Hbond substituents is 1. The minimum Gasteiger partial charge on any atom is -0.507 e. The summed E-state index contributed by atoms with van der Waals surface area (Å²) in [4.78, 5) is 14.9. The minimum atomic E-state index is -0.0711. The van der Waals surface area contributed by atoms with Crippen molar-refractivity contribution in [2.24, 2.45) is 11.0 Å². The zero-order valence-corrected chi connectivity index (χ0v) is 18.2. The van der Waals surface area contributed by atoms with E-state index in [2.05, 4.69) is 46.3 Å². The second-order valence-electron chi connectivity index (χ2n) is 8.26. The summed E-state index contributed by atoms with van der Waals surface area (Å²) in [5.41, 5.74) is 5.35. The summed E-state index contributed by atoms with van der Waals surface area (Å²) in [6, 6.07) is 16.0. The van der Waals surface area contributed by atoms with Crippen LogP contribution in [-0.2, 0) is 17.8 Å². The molecular weight excluding hydrogens is 386 g/mol. The van der Waals surface area contributed by atoms with Gasteiger partial charge in [0.25, 0.3) is 0 Å². The van der Waals surface area contributed by atoms with Crippen LogP contribution >= 0.6 is 0 Å². The lowest BCUT2D eigenvalue weighted by Gasteiger charge is -2.28. The van der Waals surface area contributed by atoms with Crippen molar-refractivity contribution < 1.29 is 9.90 Å². The lowest BCUT2D eigenvalue weighted by atomic mass is 9.92. The Balaban J connectivity index is 1.48. The summed E-state index contributed by atoms with van der Waals surface area (Å²) < 4.78 is 0. The summed E-state index contributed by atoms with van der Waals surface area (Å²) in [5.74, 6) is 0.482. The van der Waals surface area contributed by atoms with Gasteiger partial charge >= 0.3 is 0 Å². The van der Waals surface area contributed by atoms with Gasteiger partial charge in [0.1, 0.15) is 5.75 Å². The third-order valence-electron chi connectivity index (χ3n) is 5.82. The van der Waals surface area contributed by atoms with Crippen molar-refractivity contribution in [1.82, 2.24) is 10.3 Å². The van der Waals surface area contributed by atoms with Gasteiger partial charge in [-0.2, -0.15) is 5.10 Å². The number of benzene rings is 2. The van der Waals surface area contributed by atoms with E-state index in [1.165, 1.54) is 18.2 Å². The van der Waals surface area contributed by atoms with Crippen molar-refractivity contribution in [1.29, 1.82) is 0 Å². The molecule has 1 fully saturated rings. The summed E-state index contributed by atoms with van der Waals surface area (Å²) >= 11 is 0. The topological polar surface area (TPSA) is 64.9 Å². The highest BCUT2D eigenvalue weighted by molar-refractivity contribution is 5.85. The van der Waals surface area contributed by atoms with Gasteiger partial charge in [-0.05, 0) is 61.9 Å². The maximum absolute atomic E-state index is 12.4.